The third kappa shape index (κ3) is 6.76. The molecule has 1 rings (SSSR count). The summed E-state index contributed by atoms with van der Waals surface area (Å²) in [5.41, 5.74) is 0.896. The first kappa shape index (κ1) is 17.7. The largest absolute Gasteiger partial charge is 0.469 e. The first-order valence-electron chi connectivity index (χ1n) is 7.18. The summed E-state index contributed by atoms with van der Waals surface area (Å²) in [6.45, 7) is 2.10. The molecule has 1 amide bonds. The van der Waals surface area contributed by atoms with Gasteiger partial charge in [0, 0.05) is 10.9 Å². The van der Waals surface area contributed by atoms with Gasteiger partial charge in [0.05, 0.1) is 19.6 Å². The van der Waals surface area contributed by atoms with Crippen LogP contribution >= 0.6 is 15.9 Å². The fourth-order valence-corrected chi connectivity index (χ4v) is 2.26. The number of amides is 1. The Labute approximate surface area is 134 Å². The molecule has 5 heteroatoms. The predicted octanol–water partition coefficient (Wildman–Crippen LogP) is 3.75. The Kier molecular flexibility index (Phi) is 8.05. The van der Waals surface area contributed by atoms with E-state index in [1.165, 1.54) is 7.11 Å². The first-order chi connectivity index (χ1) is 10.1. The van der Waals surface area contributed by atoms with Crippen LogP contribution in [-0.2, 0) is 14.3 Å². The summed E-state index contributed by atoms with van der Waals surface area (Å²) in [4.78, 5) is 23.5. The zero-order chi connectivity index (χ0) is 15.7. The third-order valence-electron chi connectivity index (χ3n) is 3.21. The number of carbonyl (C=O) groups excluding carboxylic acids is 2. The highest BCUT2D eigenvalue weighted by atomic mass is 79.9. The first-order valence-corrected chi connectivity index (χ1v) is 7.97. The maximum atomic E-state index is 12.0. The average Bonchev–Trinajstić information content (AvgIpc) is 2.47. The maximum Gasteiger partial charge on any atom is 0.307 e. The summed E-state index contributed by atoms with van der Waals surface area (Å²) < 4.78 is 5.66. The highest BCUT2D eigenvalue weighted by Crippen LogP contribution is 2.20. The number of carbonyl (C=O) groups is 2. The van der Waals surface area contributed by atoms with Gasteiger partial charge in [-0.3, -0.25) is 9.59 Å². The van der Waals surface area contributed by atoms with Crippen molar-refractivity contribution in [1.82, 2.24) is 5.32 Å². The number of rotatable bonds is 8. The van der Waals surface area contributed by atoms with Crippen LogP contribution in [0, 0.1) is 0 Å². The van der Waals surface area contributed by atoms with Gasteiger partial charge < -0.3 is 10.1 Å². The van der Waals surface area contributed by atoms with Crippen molar-refractivity contribution in [2.24, 2.45) is 0 Å². The van der Waals surface area contributed by atoms with E-state index in [4.69, 9.17) is 4.74 Å². The van der Waals surface area contributed by atoms with E-state index >= 15 is 0 Å². The zero-order valence-corrected chi connectivity index (χ0v) is 14.1. The summed E-state index contributed by atoms with van der Waals surface area (Å²) in [6.07, 6.45) is 3.60. The van der Waals surface area contributed by atoms with Gasteiger partial charge in [-0.05, 0) is 24.1 Å². The lowest BCUT2D eigenvalue weighted by Gasteiger charge is -2.18. The standard InChI is InChI=1S/C16H22BrNO3/c1-3-4-5-6-15(19)18-14(11-16(20)21-2)12-7-9-13(17)10-8-12/h7-10,14H,3-6,11H2,1-2H3,(H,18,19). The molecule has 0 aliphatic heterocycles. The van der Waals surface area contributed by atoms with Crippen LogP contribution < -0.4 is 5.32 Å². The lowest BCUT2D eigenvalue weighted by Crippen LogP contribution is -2.30. The van der Waals surface area contributed by atoms with Crippen molar-refractivity contribution in [2.75, 3.05) is 7.11 Å². The van der Waals surface area contributed by atoms with Gasteiger partial charge in [0.15, 0.2) is 0 Å². The van der Waals surface area contributed by atoms with Crippen LogP contribution in [0.4, 0.5) is 0 Å². The molecule has 1 aromatic rings. The van der Waals surface area contributed by atoms with Crippen LogP contribution in [0.15, 0.2) is 28.7 Å². The van der Waals surface area contributed by atoms with Gasteiger partial charge in [0.25, 0.3) is 0 Å². The molecule has 0 spiro atoms. The van der Waals surface area contributed by atoms with E-state index in [0.29, 0.717) is 6.42 Å². The third-order valence-corrected chi connectivity index (χ3v) is 3.74. The Morgan fingerprint density at radius 3 is 2.48 bits per heavy atom. The van der Waals surface area contributed by atoms with Crippen LogP contribution in [0.25, 0.3) is 0 Å². The quantitative estimate of drug-likeness (QED) is 0.570. The second-order valence-corrected chi connectivity index (χ2v) is 5.82. The number of halogens is 1. The molecule has 116 valence electrons. The molecule has 0 radical (unpaired) electrons. The molecule has 21 heavy (non-hydrogen) atoms. The molecule has 0 saturated carbocycles. The normalized spacial score (nSPS) is 11.8. The zero-order valence-electron chi connectivity index (χ0n) is 12.5. The predicted molar refractivity (Wildman–Crippen MR) is 85.8 cm³/mol. The topological polar surface area (TPSA) is 55.4 Å². The van der Waals surface area contributed by atoms with Gasteiger partial charge in [-0.15, -0.1) is 0 Å². The number of esters is 1. The summed E-state index contributed by atoms with van der Waals surface area (Å²) in [5, 5.41) is 2.92. The van der Waals surface area contributed by atoms with Crippen molar-refractivity contribution >= 4 is 27.8 Å². The van der Waals surface area contributed by atoms with E-state index in [1.54, 1.807) is 0 Å². The monoisotopic (exact) mass is 355 g/mol. The highest BCUT2D eigenvalue weighted by molar-refractivity contribution is 9.10. The van der Waals surface area contributed by atoms with E-state index < -0.39 is 0 Å². The Hall–Kier alpha value is -1.36. The Morgan fingerprint density at radius 1 is 1.24 bits per heavy atom. The second kappa shape index (κ2) is 9.55. The molecule has 0 bridgehead atoms. The number of hydrogen-bond donors (Lipinski definition) is 1. The number of nitrogens with one attached hydrogen (secondary N) is 1. The maximum absolute atomic E-state index is 12.0. The van der Waals surface area contributed by atoms with Crippen LogP contribution in [-0.4, -0.2) is 19.0 Å². The highest BCUT2D eigenvalue weighted by Gasteiger charge is 2.18. The fraction of sp³-hybridized carbons (Fsp3) is 0.500. The summed E-state index contributed by atoms with van der Waals surface area (Å²) >= 11 is 3.37. The Bertz CT molecular complexity index is 459. The molecule has 0 aliphatic carbocycles. The van der Waals surface area contributed by atoms with Gasteiger partial charge in [0.1, 0.15) is 0 Å². The SMILES string of the molecule is CCCCCC(=O)NC(CC(=O)OC)c1ccc(Br)cc1. The molecular formula is C16H22BrNO3. The van der Waals surface area contributed by atoms with Crippen LogP contribution in [0.1, 0.15) is 50.6 Å². The van der Waals surface area contributed by atoms with Gasteiger partial charge in [-0.1, -0.05) is 47.8 Å². The van der Waals surface area contributed by atoms with Crippen molar-refractivity contribution in [2.45, 2.75) is 45.1 Å². The molecule has 1 unspecified atom stereocenters. The number of ether oxygens (including phenoxy) is 1. The summed E-state index contributed by atoms with van der Waals surface area (Å²) in [5.74, 6) is -0.364. The average molecular weight is 356 g/mol. The lowest BCUT2D eigenvalue weighted by atomic mass is 10.0. The second-order valence-electron chi connectivity index (χ2n) is 4.91. The molecule has 0 aromatic heterocycles. The minimum absolute atomic E-state index is 0.0275. The Balaban J connectivity index is 2.70. The Morgan fingerprint density at radius 2 is 1.90 bits per heavy atom. The van der Waals surface area contributed by atoms with Gasteiger partial charge >= 0.3 is 5.97 Å². The molecule has 0 saturated heterocycles. The number of unbranched alkanes of at least 4 members (excludes halogenated alkanes) is 2. The van der Waals surface area contributed by atoms with Crippen molar-refractivity contribution in [3.05, 3.63) is 34.3 Å². The van der Waals surface area contributed by atoms with E-state index in [-0.39, 0.29) is 24.3 Å². The van der Waals surface area contributed by atoms with Gasteiger partial charge in [-0.25, -0.2) is 0 Å². The number of methoxy groups -OCH3 is 1. The van der Waals surface area contributed by atoms with Crippen molar-refractivity contribution in [3.63, 3.8) is 0 Å². The smallest absolute Gasteiger partial charge is 0.307 e. The molecule has 1 atom stereocenters. The van der Waals surface area contributed by atoms with E-state index in [9.17, 15) is 9.59 Å². The summed E-state index contributed by atoms with van der Waals surface area (Å²) in [7, 11) is 1.35. The lowest BCUT2D eigenvalue weighted by molar-refractivity contribution is -0.141. The minimum atomic E-state index is -0.348. The van der Waals surface area contributed by atoms with Crippen LogP contribution in [0.3, 0.4) is 0 Å². The molecular weight excluding hydrogens is 334 g/mol. The molecule has 1 N–H and O–H groups in total. The van der Waals surface area contributed by atoms with E-state index in [1.807, 2.05) is 24.3 Å². The van der Waals surface area contributed by atoms with Gasteiger partial charge in [-0.2, -0.15) is 0 Å². The summed E-state index contributed by atoms with van der Waals surface area (Å²) in [6, 6.07) is 7.22. The van der Waals surface area contributed by atoms with Crippen LogP contribution in [0.2, 0.25) is 0 Å². The fourth-order valence-electron chi connectivity index (χ4n) is 2.00. The molecule has 0 fully saturated rings. The molecule has 1 aromatic carbocycles. The van der Waals surface area contributed by atoms with Crippen molar-refractivity contribution in [1.29, 1.82) is 0 Å². The van der Waals surface area contributed by atoms with E-state index in [0.717, 1.165) is 29.3 Å². The van der Waals surface area contributed by atoms with E-state index in [2.05, 4.69) is 28.2 Å². The number of hydrogen-bond acceptors (Lipinski definition) is 3. The number of benzene rings is 1. The minimum Gasteiger partial charge on any atom is -0.469 e. The van der Waals surface area contributed by atoms with Crippen molar-refractivity contribution in [3.8, 4) is 0 Å². The molecule has 0 heterocycles. The molecule has 0 aliphatic rings. The van der Waals surface area contributed by atoms with Gasteiger partial charge in [0.2, 0.25) is 5.91 Å². The van der Waals surface area contributed by atoms with Crippen LogP contribution in [0.5, 0.6) is 0 Å². The molecule has 4 nitrogen and oxygen atoms in total. The van der Waals surface area contributed by atoms with Crippen molar-refractivity contribution < 1.29 is 14.3 Å².